The standard InChI is InChI=1S/C18H16N6OS/c1-24-16(21-22-23-24)11-5-4-6-12(9-11)17(25)20-18-14(10-19)13-7-2-3-8-15(13)26-18/h4-6,9H,2-3,7-8H2,1H3,(H,20,25). The summed E-state index contributed by atoms with van der Waals surface area (Å²) in [7, 11) is 1.75. The van der Waals surface area contributed by atoms with Crippen LogP contribution in [-0.2, 0) is 19.9 Å². The summed E-state index contributed by atoms with van der Waals surface area (Å²) in [6, 6.07) is 9.41. The zero-order valence-electron chi connectivity index (χ0n) is 14.2. The molecule has 0 radical (unpaired) electrons. The third-order valence-electron chi connectivity index (χ3n) is 4.51. The molecule has 26 heavy (non-hydrogen) atoms. The number of fused-ring (bicyclic) bond motifs is 1. The van der Waals surface area contributed by atoms with Crippen molar-refractivity contribution in [1.82, 2.24) is 20.2 Å². The van der Waals surface area contributed by atoms with E-state index in [1.54, 1.807) is 29.9 Å². The Morgan fingerprint density at radius 1 is 1.35 bits per heavy atom. The number of carbonyl (C=O) groups is 1. The highest BCUT2D eigenvalue weighted by molar-refractivity contribution is 7.16. The van der Waals surface area contributed by atoms with Gasteiger partial charge < -0.3 is 5.32 Å². The molecule has 0 spiro atoms. The van der Waals surface area contributed by atoms with Gasteiger partial charge in [0.1, 0.15) is 11.1 Å². The summed E-state index contributed by atoms with van der Waals surface area (Å²) in [5, 5.41) is 24.5. The van der Waals surface area contributed by atoms with Crippen molar-refractivity contribution >= 4 is 22.2 Å². The van der Waals surface area contributed by atoms with Crippen LogP contribution in [0.1, 0.15) is 39.2 Å². The first-order valence-corrected chi connectivity index (χ1v) is 9.18. The van der Waals surface area contributed by atoms with Crippen molar-refractivity contribution in [2.45, 2.75) is 25.7 Å². The molecule has 0 atom stereocenters. The Morgan fingerprint density at radius 3 is 2.96 bits per heavy atom. The second-order valence-electron chi connectivity index (χ2n) is 6.19. The summed E-state index contributed by atoms with van der Waals surface area (Å²) in [5.74, 6) is 0.348. The Balaban J connectivity index is 1.63. The van der Waals surface area contributed by atoms with Crippen molar-refractivity contribution in [2.24, 2.45) is 7.05 Å². The topological polar surface area (TPSA) is 96.5 Å². The van der Waals surface area contributed by atoms with Crippen LogP contribution in [0.15, 0.2) is 24.3 Å². The molecule has 1 aliphatic carbocycles. The summed E-state index contributed by atoms with van der Waals surface area (Å²) in [4.78, 5) is 14.0. The number of rotatable bonds is 3. The Hall–Kier alpha value is -3.05. The SMILES string of the molecule is Cn1nnnc1-c1cccc(C(=O)Nc2sc3c(c2C#N)CCCC3)c1. The lowest BCUT2D eigenvalue weighted by Crippen LogP contribution is -2.12. The Bertz CT molecular complexity index is 1030. The van der Waals surface area contributed by atoms with E-state index in [9.17, 15) is 10.1 Å². The number of aromatic nitrogens is 4. The van der Waals surface area contributed by atoms with Gasteiger partial charge in [-0.05, 0) is 53.8 Å². The van der Waals surface area contributed by atoms with Crippen molar-refractivity contribution in [3.8, 4) is 17.5 Å². The fraction of sp³-hybridized carbons (Fsp3) is 0.278. The highest BCUT2D eigenvalue weighted by Gasteiger charge is 2.22. The van der Waals surface area contributed by atoms with E-state index in [0.29, 0.717) is 22.0 Å². The molecular weight excluding hydrogens is 348 g/mol. The highest BCUT2D eigenvalue weighted by atomic mass is 32.1. The number of hydrogen-bond acceptors (Lipinski definition) is 6. The van der Waals surface area contributed by atoms with Crippen LogP contribution in [0.3, 0.4) is 0 Å². The minimum Gasteiger partial charge on any atom is -0.312 e. The average Bonchev–Trinajstić information content (AvgIpc) is 3.24. The molecule has 2 aromatic heterocycles. The number of benzene rings is 1. The maximum absolute atomic E-state index is 12.7. The van der Waals surface area contributed by atoms with Crippen molar-refractivity contribution < 1.29 is 4.79 Å². The van der Waals surface area contributed by atoms with Crippen molar-refractivity contribution in [3.63, 3.8) is 0 Å². The monoisotopic (exact) mass is 364 g/mol. The van der Waals surface area contributed by atoms with Crippen LogP contribution in [0.4, 0.5) is 5.00 Å². The second kappa shape index (κ2) is 6.69. The minimum atomic E-state index is -0.239. The molecule has 0 unspecified atom stereocenters. The van der Waals surface area contributed by atoms with Crippen LogP contribution in [-0.4, -0.2) is 26.1 Å². The van der Waals surface area contributed by atoms with Crippen molar-refractivity contribution in [3.05, 3.63) is 45.8 Å². The molecule has 4 rings (SSSR count). The first kappa shape index (κ1) is 16.4. The molecule has 0 aliphatic heterocycles. The number of nitrogens with zero attached hydrogens (tertiary/aromatic N) is 5. The van der Waals surface area contributed by atoms with Gasteiger partial charge in [-0.1, -0.05) is 12.1 Å². The Labute approximate surface area is 154 Å². The molecule has 1 aromatic carbocycles. The van der Waals surface area contributed by atoms with E-state index in [-0.39, 0.29) is 5.91 Å². The van der Waals surface area contributed by atoms with Gasteiger partial charge in [0, 0.05) is 23.1 Å². The van der Waals surface area contributed by atoms with Gasteiger partial charge in [-0.2, -0.15) is 5.26 Å². The number of aryl methyl sites for hydroxylation is 2. The van der Waals surface area contributed by atoms with Crippen LogP contribution >= 0.6 is 11.3 Å². The minimum absolute atomic E-state index is 0.239. The molecule has 0 bridgehead atoms. The number of hydrogen-bond donors (Lipinski definition) is 1. The van der Waals surface area contributed by atoms with E-state index >= 15 is 0 Å². The zero-order valence-corrected chi connectivity index (χ0v) is 15.0. The van der Waals surface area contributed by atoms with E-state index in [1.807, 2.05) is 6.07 Å². The smallest absolute Gasteiger partial charge is 0.256 e. The van der Waals surface area contributed by atoms with E-state index in [4.69, 9.17) is 0 Å². The third kappa shape index (κ3) is 2.86. The van der Waals surface area contributed by atoms with Crippen LogP contribution < -0.4 is 5.32 Å². The maximum atomic E-state index is 12.7. The molecule has 0 saturated heterocycles. The van der Waals surface area contributed by atoms with Gasteiger partial charge in [0.15, 0.2) is 5.82 Å². The normalized spacial score (nSPS) is 13.1. The molecule has 1 N–H and O–H groups in total. The van der Waals surface area contributed by atoms with Gasteiger partial charge in [-0.15, -0.1) is 16.4 Å². The number of amides is 1. The van der Waals surface area contributed by atoms with Gasteiger partial charge >= 0.3 is 0 Å². The van der Waals surface area contributed by atoms with Crippen molar-refractivity contribution in [1.29, 1.82) is 5.26 Å². The molecule has 2 heterocycles. The van der Waals surface area contributed by atoms with Crippen LogP contribution in [0.5, 0.6) is 0 Å². The number of anilines is 1. The quantitative estimate of drug-likeness (QED) is 0.771. The Kier molecular flexibility index (Phi) is 4.22. The predicted molar refractivity (Wildman–Crippen MR) is 97.9 cm³/mol. The lowest BCUT2D eigenvalue weighted by molar-refractivity contribution is 0.102. The first-order valence-electron chi connectivity index (χ1n) is 8.36. The largest absolute Gasteiger partial charge is 0.312 e. The van der Waals surface area contributed by atoms with Crippen molar-refractivity contribution in [2.75, 3.05) is 5.32 Å². The molecule has 7 nitrogen and oxygen atoms in total. The highest BCUT2D eigenvalue weighted by Crippen LogP contribution is 2.37. The summed E-state index contributed by atoms with van der Waals surface area (Å²) >= 11 is 1.52. The number of tetrazole rings is 1. The van der Waals surface area contributed by atoms with Gasteiger partial charge in [-0.3, -0.25) is 4.79 Å². The molecule has 0 saturated carbocycles. The third-order valence-corrected chi connectivity index (χ3v) is 5.72. The summed E-state index contributed by atoms with van der Waals surface area (Å²) in [6.07, 6.45) is 4.14. The maximum Gasteiger partial charge on any atom is 0.256 e. The van der Waals surface area contributed by atoms with E-state index in [1.165, 1.54) is 16.2 Å². The summed E-state index contributed by atoms with van der Waals surface area (Å²) < 4.78 is 1.55. The predicted octanol–water partition coefficient (Wildman–Crippen LogP) is 2.94. The van der Waals surface area contributed by atoms with E-state index < -0.39 is 0 Å². The van der Waals surface area contributed by atoms with Gasteiger partial charge in [0.05, 0.1) is 5.56 Å². The molecule has 130 valence electrons. The number of thiophene rings is 1. The lowest BCUT2D eigenvalue weighted by Gasteiger charge is -2.09. The molecule has 1 amide bonds. The first-order chi connectivity index (χ1) is 12.7. The molecule has 3 aromatic rings. The number of carbonyl (C=O) groups excluding carboxylic acids is 1. The molecule has 1 aliphatic rings. The van der Waals surface area contributed by atoms with Crippen LogP contribution in [0, 0.1) is 11.3 Å². The van der Waals surface area contributed by atoms with Crippen LogP contribution in [0.2, 0.25) is 0 Å². The van der Waals surface area contributed by atoms with E-state index in [2.05, 4.69) is 26.9 Å². The lowest BCUT2D eigenvalue weighted by atomic mass is 9.96. The average molecular weight is 364 g/mol. The number of nitrogens with one attached hydrogen (secondary N) is 1. The Morgan fingerprint density at radius 2 is 2.19 bits per heavy atom. The second-order valence-corrected chi connectivity index (χ2v) is 7.29. The van der Waals surface area contributed by atoms with E-state index in [0.717, 1.165) is 36.8 Å². The van der Waals surface area contributed by atoms with Gasteiger partial charge in [-0.25, -0.2) is 4.68 Å². The van der Waals surface area contributed by atoms with Gasteiger partial charge in [0.2, 0.25) is 0 Å². The molecule has 0 fully saturated rings. The zero-order chi connectivity index (χ0) is 18.1. The molecule has 8 heteroatoms. The van der Waals surface area contributed by atoms with Gasteiger partial charge in [0.25, 0.3) is 5.91 Å². The number of nitriles is 1. The molecular formula is C18H16N6OS. The fourth-order valence-electron chi connectivity index (χ4n) is 3.22. The van der Waals surface area contributed by atoms with Crippen LogP contribution in [0.25, 0.3) is 11.4 Å². The summed E-state index contributed by atoms with van der Waals surface area (Å²) in [5.41, 5.74) is 2.99. The summed E-state index contributed by atoms with van der Waals surface area (Å²) in [6.45, 7) is 0. The fourth-order valence-corrected chi connectivity index (χ4v) is 4.46.